The number of carboxylic acid groups (broad SMARTS) is 2. The SMILES string of the molecule is C[C@H]1[C@H](C)CC[C@]2(C(=O)O)CC[C@]3(C)C(=CC[C@@H]4[C@@]5(C)CC[C@H](O[C@@H]6O[C@H](C(=O)O)[C@@H](O)[C@H](O)[C@H]6O[C@H]6OC[C@H](O)[C@H](O)[C@H]6O)C(C)(C)[C@@H]5CC[C@]43C)[C@H]12. The topological polar surface area (TPSA) is 213 Å². The molecular weight excluding hydrogens is 700 g/mol. The lowest BCUT2D eigenvalue weighted by Crippen LogP contribution is -2.67. The first-order valence-corrected chi connectivity index (χ1v) is 20.3. The number of allylic oxidation sites excluding steroid dienone is 2. The molecule has 54 heavy (non-hydrogen) atoms. The maximum absolute atomic E-state index is 13.1. The van der Waals surface area contributed by atoms with Gasteiger partial charge in [0, 0.05) is 0 Å². The fraction of sp³-hybridized carbons (Fsp3) is 0.902. The third-order valence-corrected chi connectivity index (χ3v) is 17.2. The van der Waals surface area contributed by atoms with Gasteiger partial charge in [0.1, 0.15) is 36.6 Å². The van der Waals surface area contributed by atoms with Crippen LogP contribution < -0.4 is 0 Å². The van der Waals surface area contributed by atoms with Crippen molar-refractivity contribution < 1.29 is 64.3 Å². The Balaban J connectivity index is 1.16. The van der Waals surface area contributed by atoms with Gasteiger partial charge in [-0.1, -0.05) is 60.1 Å². The fourth-order valence-corrected chi connectivity index (χ4v) is 13.6. The van der Waals surface area contributed by atoms with Crippen LogP contribution in [-0.4, -0.2) is 116 Å². The smallest absolute Gasteiger partial charge is 0.335 e. The van der Waals surface area contributed by atoms with Gasteiger partial charge in [0.15, 0.2) is 18.7 Å². The van der Waals surface area contributed by atoms with Gasteiger partial charge < -0.3 is 54.7 Å². The highest BCUT2D eigenvalue weighted by atomic mass is 16.8. The number of hydrogen-bond donors (Lipinski definition) is 7. The summed E-state index contributed by atoms with van der Waals surface area (Å²) in [5.41, 5.74) is -0.0328. The molecule has 2 aliphatic heterocycles. The van der Waals surface area contributed by atoms with E-state index in [1.54, 1.807) is 0 Å². The van der Waals surface area contributed by atoms with E-state index in [9.17, 15) is 45.3 Å². The zero-order chi connectivity index (χ0) is 39.5. The maximum atomic E-state index is 13.1. The summed E-state index contributed by atoms with van der Waals surface area (Å²) in [5.74, 6) is -0.793. The van der Waals surface area contributed by atoms with Crippen LogP contribution in [-0.2, 0) is 28.5 Å². The molecular formula is C41H64O13. The molecule has 4 saturated carbocycles. The molecule has 306 valence electrons. The Morgan fingerprint density at radius 1 is 0.778 bits per heavy atom. The van der Waals surface area contributed by atoms with E-state index in [0.717, 1.165) is 44.9 Å². The standard InChI is InChI=1S/C41H64O13/c1-19-10-15-41(36(49)50)17-16-39(6)21(26(41)20(19)2)8-9-24-38(5)13-12-25(37(3,4)23(38)11-14-40(24,39)7)52-35-32(29(45)28(44)31(53-35)33(47)48)54-34-30(46)27(43)22(42)18-51-34/h8,19-20,22-32,34-35,42-46H,9-18H2,1-7H3,(H,47,48)(H,49,50)/t19-,20+,22+,23+,24-,25+,26+,27+,28+,29+,30-,31+,32-,34-,35-,38+,39-,40-,41+/m1/s1. The van der Waals surface area contributed by atoms with E-state index in [4.69, 9.17) is 18.9 Å². The molecule has 2 saturated heterocycles. The number of aliphatic hydroxyl groups excluding tert-OH is 5. The molecule has 0 aromatic heterocycles. The predicted molar refractivity (Wildman–Crippen MR) is 192 cm³/mol. The summed E-state index contributed by atoms with van der Waals surface area (Å²) < 4.78 is 23.8. The lowest BCUT2D eigenvalue weighted by molar-refractivity contribution is -0.366. The second-order valence-corrected chi connectivity index (χ2v) is 19.7. The quantitative estimate of drug-likeness (QED) is 0.153. The molecule has 7 N–H and O–H groups in total. The molecule has 13 heteroatoms. The van der Waals surface area contributed by atoms with Crippen LogP contribution in [0.25, 0.3) is 0 Å². The number of rotatable bonds is 6. The molecule has 0 unspecified atom stereocenters. The highest BCUT2D eigenvalue weighted by Crippen LogP contribution is 2.76. The van der Waals surface area contributed by atoms with Crippen LogP contribution in [0.4, 0.5) is 0 Å². The van der Waals surface area contributed by atoms with Gasteiger partial charge in [-0.25, -0.2) is 4.79 Å². The van der Waals surface area contributed by atoms with E-state index in [-0.39, 0.29) is 34.7 Å². The maximum Gasteiger partial charge on any atom is 0.335 e. The first-order valence-electron chi connectivity index (χ1n) is 20.3. The van der Waals surface area contributed by atoms with Crippen LogP contribution in [0.3, 0.4) is 0 Å². The molecule has 0 aromatic carbocycles. The molecule has 7 aliphatic rings. The van der Waals surface area contributed by atoms with Crippen molar-refractivity contribution >= 4 is 11.9 Å². The first-order chi connectivity index (χ1) is 25.2. The summed E-state index contributed by atoms with van der Waals surface area (Å²) in [6.45, 7) is 15.9. The number of aliphatic carboxylic acids is 2. The van der Waals surface area contributed by atoms with Gasteiger partial charge in [0.25, 0.3) is 0 Å². The first kappa shape index (κ1) is 40.5. The normalized spacial score (nSPS) is 54.2. The average Bonchev–Trinajstić information content (AvgIpc) is 3.10. The van der Waals surface area contributed by atoms with E-state index in [1.165, 1.54) is 5.57 Å². The zero-order valence-corrected chi connectivity index (χ0v) is 32.9. The molecule has 0 radical (unpaired) electrons. The molecule has 5 aliphatic carbocycles. The summed E-state index contributed by atoms with van der Waals surface area (Å²) in [6, 6.07) is 0. The Morgan fingerprint density at radius 2 is 1.48 bits per heavy atom. The van der Waals surface area contributed by atoms with Crippen molar-refractivity contribution in [1.29, 1.82) is 0 Å². The van der Waals surface area contributed by atoms with Crippen LogP contribution >= 0.6 is 0 Å². The van der Waals surface area contributed by atoms with Crippen LogP contribution in [0.2, 0.25) is 0 Å². The second-order valence-electron chi connectivity index (χ2n) is 19.7. The van der Waals surface area contributed by atoms with Crippen molar-refractivity contribution in [2.24, 2.45) is 56.7 Å². The minimum Gasteiger partial charge on any atom is -0.481 e. The van der Waals surface area contributed by atoms with Crippen LogP contribution in [0.1, 0.15) is 106 Å². The lowest BCUT2D eigenvalue weighted by Gasteiger charge is -2.71. The molecule has 13 nitrogen and oxygen atoms in total. The van der Waals surface area contributed by atoms with Gasteiger partial charge >= 0.3 is 11.9 Å². The lowest BCUT2D eigenvalue weighted by atomic mass is 9.33. The highest BCUT2D eigenvalue weighted by molar-refractivity contribution is 5.77. The van der Waals surface area contributed by atoms with Crippen LogP contribution in [0.5, 0.6) is 0 Å². The number of fused-ring (bicyclic) bond motifs is 7. The molecule has 6 fully saturated rings. The molecule has 7 rings (SSSR count). The van der Waals surface area contributed by atoms with Gasteiger partial charge in [-0.15, -0.1) is 0 Å². The van der Waals surface area contributed by atoms with E-state index < -0.39 is 84.2 Å². The monoisotopic (exact) mass is 764 g/mol. The minimum atomic E-state index is -1.88. The van der Waals surface area contributed by atoms with Crippen molar-refractivity contribution in [2.45, 2.75) is 168 Å². The van der Waals surface area contributed by atoms with Gasteiger partial charge in [-0.3, -0.25) is 4.79 Å². The van der Waals surface area contributed by atoms with Crippen molar-refractivity contribution in [1.82, 2.24) is 0 Å². The fourth-order valence-electron chi connectivity index (χ4n) is 13.6. The third-order valence-electron chi connectivity index (χ3n) is 17.2. The van der Waals surface area contributed by atoms with Gasteiger partial charge in [0.05, 0.1) is 18.1 Å². The summed E-state index contributed by atoms with van der Waals surface area (Å²) in [5, 5.41) is 73.3. The van der Waals surface area contributed by atoms with Crippen molar-refractivity contribution in [3.8, 4) is 0 Å². The molecule has 0 spiro atoms. The predicted octanol–water partition coefficient (Wildman–Crippen LogP) is 3.47. The zero-order valence-electron chi connectivity index (χ0n) is 32.9. The Kier molecular flexibility index (Phi) is 10.3. The van der Waals surface area contributed by atoms with Crippen molar-refractivity contribution in [3.63, 3.8) is 0 Å². The number of carbonyl (C=O) groups is 2. The Morgan fingerprint density at radius 3 is 2.15 bits per heavy atom. The van der Waals surface area contributed by atoms with Crippen LogP contribution in [0.15, 0.2) is 11.6 Å². The van der Waals surface area contributed by atoms with E-state index in [1.807, 2.05) is 0 Å². The van der Waals surface area contributed by atoms with Gasteiger partial charge in [0.2, 0.25) is 0 Å². The third kappa shape index (κ3) is 5.72. The minimum absolute atomic E-state index is 0.0315. The largest absolute Gasteiger partial charge is 0.481 e. The van der Waals surface area contributed by atoms with E-state index in [2.05, 4.69) is 54.5 Å². The number of aliphatic hydroxyl groups is 5. The summed E-state index contributed by atoms with van der Waals surface area (Å²) in [7, 11) is 0. The Hall–Kier alpha value is -1.68. The molecule has 0 amide bonds. The number of ether oxygens (including phenoxy) is 4. The molecule has 0 aromatic rings. The van der Waals surface area contributed by atoms with E-state index >= 15 is 0 Å². The molecule has 19 atom stereocenters. The molecule has 2 heterocycles. The second kappa shape index (κ2) is 13.7. The summed E-state index contributed by atoms with van der Waals surface area (Å²) >= 11 is 0. The van der Waals surface area contributed by atoms with Crippen molar-refractivity contribution in [3.05, 3.63) is 11.6 Å². The number of carboxylic acids is 2. The Bertz CT molecular complexity index is 1500. The average molecular weight is 765 g/mol. The van der Waals surface area contributed by atoms with Crippen LogP contribution in [0, 0.1) is 56.7 Å². The Labute approximate surface area is 318 Å². The summed E-state index contributed by atoms with van der Waals surface area (Å²) in [4.78, 5) is 25.2. The number of hydrogen-bond acceptors (Lipinski definition) is 11. The highest BCUT2D eigenvalue weighted by Gasteiger charge is 2.70. The molecule has 0 bridgehead atoms. The van der Waals surface area contributed by atoms with E-state index in [0.29, 0.717) is 30.6 Å². The van der Waals surface area contributed by atoms with Gasteiger partial charge in [-0.2, -0.15) is 0 Å². The van der Waals surface area contributed by atoms with Gasteiger partial charge in [-0.05, 0) is 109 Å². The summed E-state index contributed by atoms with van der Waals surface area (Å²) in [6.07, 6.45) is -5.16. The van der Waals surface area contributed by atoms with Crippen molar-refractivity contribution in [2.75, 3.05) is 6.61 Å².